The number of benzene rings is 2. The zero-order valence-corrected chi connectivity index (χ0v) is 15.8. The molecule has 1 atom stereocenters. The molecule has 6 heteroatoms. The Morgan fingerprint density at radius 3 is 2.68 bits per heavy atom. The number of rotatable bonds is 4. The van der Waals surface area contributed by atoms with Crippen LogP contribution in [0.5, 0.6) is 5.75 Å². The molecular weight excluding hydrogens is 377 g/mol. The van der Waals surface area contributed by atoms with Crippen molar-refractivity contribution in [2.75, 3.05) is 5.32 Å². The molecule has 0 aliphatic carbocycles. The van der Waals surface area contributed by atoms with Crippen LogP contribution in [0, 0.1) is 12.7 Å². The van der Waals surface area contributed by atoms with Gasteiger partial charge in [-0.15, -0.1) is 0 Å². The van der Waals surface area contributed by atoms with Crippen molar-refractivity contribution in [1.82, 2.24) is 9.97 Å². The zero-order chi connectivity index (χ0) is 19.7. The molecule has 4 aromatic rings. The minimum Gasteiger partial charge on any atom is -0.505 e. The van der Waals surface area contributed by atoms with Crippen molar-refractivity contribution in [3.05, 3.63) is 94.5 Å². The van der Waals surface area contributed by atoms with E-state index in [1.54, 1.807) is 31.3 Å². The fourth-order valence-electron chi connectivity index (χ4n) is 3.12. The number of hydrogen-bond donors (Lipinski definition) is 2. The van der Waals surface area contributed by atoms with Crippen LogP contribution in [0.25, 0.3) is 10.9 Å². The van der Waals surface area contributed by atoms with Crippen LogP contribution < -0.4 is 5.32 Å². The first-order valence-corrected chi connectivity index (χ1v) is 9.11. The van der Waals surface area contributed by atoms with Crippen molar-refractivity contribution in [3.8, 4) is 5.75 Å². The number of aryl methyl sites for hydroxylation is 1. The number of hydrogen-bond acceptors (Lipinski definition) is 4. The molecule has 0 saturated heterocycles. The van der Waals surface area contributed by atoms with Crippen LogP contribution in [0.4, 0.5) is 10.2 Å². The largest absolute Gasteiger partial charge is 0.505 e. The van der Waals surface area contributed by atoms with Gasteiger partial charge < -0.3 is 10.4 Å². The summed E-state index contributed by atoms with van der Waals surface area (Å²) in [7, 11) is 0. The number of aromatic nitrogens is 2. The number of nitrogens with zero attached hydrogens (tertiary/aromatic N) is 2. The van der Waals surface area contributed by atoms with Crippen molar-refractivity contribution < 1.29 is 9.50 Å². The van der Waals surface area contributed by atoms with Crippen molar-refractivity contribution in [3.63, 3.8) is 0 Å². The summed E-state index contributed by atoms with van der Waals surface area (Å²) >= 11 is 5.92. The lowest BCUT2D eigenvalue weighted by Gasteiger charge is -2.22. The summed E-state index contributed by atoms with van der Waals surface area (Å²) in [5.41, 5.74) is 2.27. The highest BCUT2D eigenvalue weighted by molar-refractivity contribution is 6.30. The maximum Gasteiger partial charge on any atom is 0.147 e. The van der Waals surface area contributed by atoms with Crippen LogP contribution in [0.1, 0.15) is 22.7 Å². The molecule has 0 aliphatic rings. The lowest BCUT2D eigenvalue weighted by atomic mass is 9.95. The number of anilines is 1. The van der Waals surface area contributed by atoms with Gasteiger partial charge >= 0.3 is 0 Å². The third-order valence-electron chi connectivity index (χ3n) is 4.64. The molecule has 2 aromatic heterocycles. The molecule has 0 fully saturated rings. The molecule has 4 nitrogen and oxygen atoms in total. The second-order valence-electron chi connectivity index (χ2n) is 6.53. The van der Waals surface area contributed by atoms with E-state index in [1.165, 1.54) is 12.3 Å². The Labute approximate surface area is 166 Å². The summed E-state index contributed by atoms with van der Waals surface area (Å²) in [5.74, 6) is 0.285. The van der Waals surface area contributed by atoms with Gasteiger partial charge in [0, 0.05) is 23.3 Å². The van der Waals surface area contributed by atoms with Gasteiger partial charge in [-0.05, 0) is 42.3 Å². The number of nitrogens with one attached hydrogen (secondary N) is 1. The number of phenols is 1. The quantitative estimate of drug-likeness (QED) is 0.471. The first-order valence-electron chi connectivity index (χ1n) is 8.73. The third-order valence-corrected chi connectivity index (χ3v) is 4.86. The number of fused-ring (bicyclic) bond motifs is 1. The topological polar surface area (TPSA) is 58.0 Å². The fourth-order valence-corrected chi connectivity index (χ4v) is 3.23. The zero-order valence-electron chi connectivity index (χ0n) is 15.0. The molecule has 0 spiro atoms. The predicted octanol–water partition coefficient (Wildman–Crippen LogP) is 5.64. The maximum atomic E-state index is 14.3. The Morgan fingerprint density at radius 1 is 1.07 bits per heavy atom. The Morgan fingerprint density at radius 2 is 1.93 bits per heavy atom. The summed E-state index contributed by atoms with van der Waals surface area (Å²) in [6.07, 6.45) is 3.15. The summed E-state index contributed by atoms with van der Waals surface area (Å²) in [6.45, 7) is 1.71. The van der Waals surface area contributed by atoms with E-state index in [1.807, 2.05) is 30.3 Å². The molecule has 0 bridgehead atoms. The highest BCUT2D eigenvalue weighted by Gasteiger charge is 2.21. The summed E-state index contributed by atoms with van der Waals surface area (Å²) in [6, 6.07) is 15.3. The van der Waals surface area contributed by atoms with Gasteiger partial charge in [0.05, 0.1) is 11.1 Å². The standard InChI is InChI=1S/C22H17ClFN3O/c1-13-4-5-15(11-18(13)24)20(27-19-9-7-16(23)12-26-19)17-8-6-14-3-2-10-25-21(14)22(17)28/h2-12,20,28H,1H3,(H,26,27). The van der Waals surface area contributed by atoms with Crippen LogP contribution >= 0.6 is 11.6 Å². The molecular formula is C22H17ClFN3O. The van der Waals surface area contributed by atoms with Crippen molar-refractivity contribution >= 4 is 28.3 Å². The van der Waals surface area contributed by atoms with E-state index >= 15 is 0 Å². The molecule has 28 heavy (non-hydrogen) atoms. The van der Waals surface area contributed by atoms with Gasteiger partial charge in [0.1, 0.15) is 22.9 Å². The second kappa shape index (κ2) is 7.44. The van der Waals surface area contributed by atoms with Gasteiger partial charge in [0.2, 0.25) is 0 Å². The van der Waals surface area contributed by atoms with Crippen LogP contribution in [0.3, 0.4) is 0 Å². The fraction of sp³-hybridized carbons (Fsp3) is 0.0909. The van der Waals surface area contributed by atoms with Gasteiger partial charge in [-0.3, -0.25) is 4.98 Å². The van der Waals surface area contributed by atoms with E-state index < -0.39 is 6.04 Å². The first-order chi connectivity index (χ1) is 13.5. The normalized spacial score (nSPS) is 12.1. The lowest BCUT2D eigenvalue weighted by molar-refractivity contribution is 0.471. The molecule has 2 heterocycles. The predicted molar refractivity (Wildman–Crippen MR) is 109 cm³/mol. The maximum absolute atomic E-state index is 14.3. The highest BCUT2D eigenvalue weighted by atomic mass is 35.5. The van der Waals surface area contributed by atoms with E-state index in [0.29, 0.717) is 33.0 Å². The number of phenolic OH excluding ortho intramolecular Hbond substituents is 1. The lowest BCUT2D eigenvalue weighted by Crippen LogP contribution is -2.14. The molecule has 4 rings (SSSR count). The molecule has 0 saturated carbocycles. The molecule has 0 aliphatic heterocycles. The van der Waals surface area contributed by atoms with Crippen LogP contribution in [0.15, 0.2) is 67.0 Å². The van der Waals surface area contributed by atoms with Gasteiger partial charge in [-0.2, -0.15) is 0 Å². The SMILES string of the molecule is Cc1ccc(C(Nc2ccc(Cl)cn2)c2ccc3cccnc3c2O)cc1F. The average Bonchev–Trinajstić information content (AvgIpc) is 2.71. The van der Waals surface area contributed by atoms with Crippen LogP contribution in [-0.2, 0) is 0 Å². The van der Waals surface area contributed by atoms with Crippen LogP contribution in [0.2, 0.25) is 5.02 Å². The second-order valence-corrected chi connectivity index (χ2v) is 6.96. The van der Waals surface area contributed by atoms with E-state index in [0.717, 1.165) is 5.39 Å². The van der Waals surface area contributed by atoms with Crippen molar-refractivity contribution in [1.29, 1.82) is 0 Å². The van der Waals surface area contributed by atoms with E-state index in [4.69, 9.17) is 11.6 Å². The monoisotopic (exact) mass is 393 g/mol. The Hall–Kier alpha value is -3.18. The van der Waals surface area contributed by atoms with E-state index in [-0.39, 0.29) is 11.6 Å². The molecule has 2 N–H and O–H groups in total. The molecule has 0 radical (unpaired) electrons. The number of halogens is 2. The Bertz CT molecular complexity index is 1150. The van der Waals surface area contributed by atoms with Crippen molar-refractivity contribution in [2.45, 2.75) is 13.0 Å². The average molecular weight is 394 g/mol. The minimum atomic E-state index is -0.532. The van der Waals surface area contributed by atoms with E-state index in [9.17, 15) is 9.50 Å². The van der Waals surface area contributed by atoms with Crippen LogP contribution in [-0.4, -0.2) is 15.1 Å². The minimum absolute atomic E-state index is 0.0468. The third kappa shape index (κ3) is 3.49. The van der Waals surface area contributed by atoms with Gasteiger partial charge in [0.15, 0.2) is 0 Å². The van der Waals surface area contributed by atoms with Gasteiger partial charge in [-0.25, -0.2) is 9.37 Å². The van der Waals surface area contributed by atoms with Crippen molar-refractivity contribution in [2.24, 2.45) is 0 Å². The number of pyridine rings is 2. The molecule has 0 amide bonds. The smallest absolute Gasteiger partial charge is 0.147 e. The summed E-state index contributed by atoms with van der Waals surface area (Å²) < 4.78 is 14.3. The van der Waals surface area contributed by atoms with Gasteiger partial charge in [-0.1, -0.05) is 41.9 Å². The molecule has 140 valence electrons. The van der Waals surface area contributed by atoms with E-state index in [2.05, 4.69) is 15.3 Å². The molecule has 1 unspecified atom stereocenters. The molecule has 2 aromatic carbocycles. The number of aromatic hydroxyl groups is 1. The summed E-state index contributed by atoms with van der Waals surface area (Å²) in [4.78, 5) is 8.55. The Balaban J connectivity index is 1.85. The summed E-state index contributed by atoms with van der Waals surface area (Å²) in [5, 5.41) is 15.5. The van der Waals surface area contributed by atoms with Gasteiger partial charge in [0.25, 0.3) is 0 Å². The highest BCUT2D eigenvalue weighted by Crippen LogP contribution is 2.36. The first kappa shape index (κ1) is 18.2. The Kier molecular flexibility index (Phi) is 4.84.